The molecular weight excluding hydrogens is 292 g/mol. The fraction of sp³-hybridized carbons (Fsp3) is 0.429. The third kappa shape index (κ3) is 5.78. The van der Waals surface area contributed by atoms with Crippen molar-refractivity contribution in [1.82, 2.24) is 5.32 Å². The van der Waals surface area contributed by atoms with Crippen LogP contribution in [0.3, 0.4) is 0 Å². The van der Waals surface area contributed by atoms with Crippen LogP contribution in [0.2, 0.25) is 0 Å². The van der Waals surface area contributed by atoms with Gasteiger partial charge in [0.1, 0.15) is 5.60 Å². The van der Waals surface area contributed by atoms with Gasteiger partial charge < -0.3 is 20.0 Å². The smallest absolute Gasteiger partial charge is 0.408 e. The van der Waals surface area contributed by atoms with Crippen LogP contribution in [0, 0.1) is 10.1 Å². The topological polar surface area (TPSA) is 122 Å². The lowest BCUT2D eigenvalue weighted by atomic mass is 10.0. The molecule has 0 spiro atoms. The molecule has 0 fully saturated rings. The Bertz CT molecular complexity index is 579. The number of rotatable bonds is 5. The number of benzene rings is 1. The molecule has 1 aromatic carbocycles. The summed E-state index contributed by atoms with van der Waals surface area (Å²) in [5.41, 5.74) is -0.671. The van der Waals surface area contributed by atoms with Crippen LogP contribution in [0.1, 0.15) is 38.8 Å². The Kier molecular flexibility index (Phi) is 5.44. The first-order valence-corrected chi connectivity index (χ1v) is 6.52. The van der Waals surface area contributed by atoms with Crippen molar-refractivity contribution in [2.75, 3.05) is 0 Å². The summed E-state index contributed by atoms with van der Waals surface area (Å²) in [6.07, 6.45) is -1.34. The predicted molar refractivity (Wildman–Crippen MR) is 74.8 cm³/mol. The van der Waals surface area contributed by atoms with Crippen molar-refractivity contribution < 1.29 is 24.4 Å². The number of carboxylic acids is 1. The Hall–Kier alpha value is -2.64. The highest BCUT2D eigenvalue weighted by atomic mass is 16.6. The number of carbonyl (C=O) groups excluding carboxylic acids is 2. The highest BCUT2D eigenvalue weighted by Crippen LogP contribution is 2.22. The van der Waals surface area contributed by atoms with Gasteiger partial charge in [-0.05, 0) is 26.3 Å². The number of hydrogen-bond donors (Lipinski definition) is 1. The molecule has 0 aliphatic heterocycles. The van der Waals surface area contributed by atoms with E-state index in [1.807, 2.05) is 0 Å². The quantitative estimate of drug-likeness (QED) is 0.646. The minimum absolute atomic E-state index is 0.202. The molecule has 8 nitrogen and oxygen atoms in total. The number of nitrogens with zero attached hydrogens (tertiary/aromatic N) is 1. The van der Waals surface area contributed by atoms with Crippen LogP contribution >= 0.6 is 0 Å². The molecule has 1 N–H and O–H groups in total. The van der Waals surface area contributed by atoms with Gasteiger partial charge in [0.05, 0.1) is 11.0 Å². The lowest BCUT2D eigenvalue weighted by molar-refractivity contribution is -0.385. The van der Waals surface area contributed by atoms with Gasteiger partial charge in [-0.1, -0.05) is 12.1 Å². The van der Waals surface area contributed by atoms with Gasteiger partial charge in [0, 0.05) is 24.5 Å². The van der Waals surface area contributed by atoms with Gasteiger partial charge in [-0.25, -0.2) is 4.79 Å². The van der Waals surface area contributed by atoms with Crippen molar-refractivity contribution in [3.8, 4) is 0 Å². The average molecular weight is 309 g/mol. The van der Waals surface area contributed by atoms with Crippen LogP contribution in [0.4, 0.5) is 10.5 Å². The molecule has 0 aromatic heterocycles. The number of carbonyl (C=O) groups is 2. The van der Waals surface area contributed by atoms with E-state index in [1.165, 1.54) is 24.3 Å². The maximum absolute atomic E-state index is 11.8. The van der Waals surface area contributed by atoms with Gasteiger partial charge >= 0.3 is 6.09 Å². The molecule has 0 saturated heterocycles. The van der Waals surface area contributed by atoms with E-state index < -0.39 is 35.0 Å². The van der Waals surface area contributed by atoms with Crippen LogP contribution in [0.5, 0.6) is 0 Å². The number of amides is 1. The molecule has 1 atom stereocenters. The largest absolute Gasteiger partial charge is 0.550 e. The Morgan fingerprint density at radius 3 is 2.50 bits per heavy atom. The van der Waals surface area contributed by atoms with Crippen molar-refractivity contribution in [3.05, 3.63) is 39.9 Å². The van der Waals surface area contributed by atoms with Gasteiger partial charge in [-0.15, -0.1) is 0 Å². The summed E-state index contributed by atoms with van der Waals surface area (Å²) in [5.74, 6) is -1.40. The fourth-order valence-electron chi connectivity index (χ4n) is 1.72. The average Bonchev–Trinajstić information content (AvgIpc) is 2.35. The highest BCUT2D eigenvalue weighted by molar-refractivity contribution is 5.71. The second-order valence-electron chi connectivity index (χ2n) is 5.63. The fourth-order valence-corrected chi connectivity index (χ4v) is 1.72. The van der Waals surface area contributed by atoms with Crippen LogP contribution in [0.25, 0.3) is 0 Å². The maximum atomic E-state index is 11.8. The third-order valence-electron chi connectivity index (χ3n) is 2.55. The number of aliphatic carboxylic acids is 1. The highest BCUT2D eigenvalue weighted by Gasteiger charge is 2.22. The Balaban J connectivity index is 2.98. The first-order valence-electron chi connectivity index (χ1n) is 6.52. The Morgan fingerprint density at radius 2 is 2.00 bits per heavy atom. The maximum Gasteiger partial charge on any atom is 0.408 e. The second-order valence-corrected chi connectivity index (χ2v) is 5.63. The molecule has 0 bridgehead atoms. The summed E-state index contributed by atoms with van der Waals surface area (Å²) in [7, 11) is 0. The first-order chi connectivity index (χ1) is 10.1. The normalized spacial score (nSPS) is 12.3. The molecule has 1 amide bonds. The number of nitro groups is 1. The minimum Gasteiger partial charge on any atom is -0.550 e. The number of non-ortho nitro benzene ring substituents is 1. The predicted octanol–water partition coefficient (Wildman–Crippen LogP) is 1.30. The number of nitrogens with one attached hydrogen (secondary N) is 1. The van der Waals surface area contributed by atoms with Crippen LogP contribution in [-0.2, 0) is 9.53 Å². The van der Waals surface area contributed by atoms with Gasteiger partial charge in [0.2, 0.25) is 0 Å². The molecular formula is C14H17N2O6-. The molecule has 0 aliphatic carbocycles. The second kappa shape index (κ2) is 6.88. The summed E-state index contributed by atoms with van der Waals surface area (Å²) in [5, 5.41) is 24.0. The van der Waals surface area contributed by atoms with Crippen molar-refractivity contribution in [2.45, 2.75) is 38.8 Å². The molecule has 22 heavy (non-hydrogen) atoms. The van der Waals surface area contributed by atoms with Gasteiger partial charge in [-0.3, -0.25) is 10.1 Å². The zero-order valence-corrected chi connectivity index (χ0v) is 12.5. The molecule has 0 unspecified atom stereocenters. The molecule has 1 rings (SSSR count). The van der Waals surface area contributed by atoms with E-state index in [-0.39, 0.29) is 11.3 Å². The van der Waals surface area contributed by atoms with Gasteiger partial charge in [0.25, 0.3) is 5.69 Å². The zero-order valence-electron chi connectivity index (χ0n) is 12.5. The SMILES string of the molecule is CC(C)(C)OC(=O)N[C@@H](CC(=O)[O-])c1cccc([N+](=O)[O-])c1. The van der Waals surface area contributed by atoms with E-state index in [2.05, 4.69) is 5.32 Å². The molecule has 0 radical (unpaired) electrons. The Morgan fingerprint density at radius 1 is 1.36 bits per heavy atom. The van der Waals surface area contributed by atoms with Crippen molar-refractivity contribution in [3.63, 3.8) is 0 Å². The zero-order chi connectivity index (χ0) is 16.9. The molecule has 8 heteroatoms. The number of carboxylic acid groups (broad SMARTS) is 1. The van der Waals surface area contributed by atoms with E-state index >= 15 is 0 Å². The summed E-state index contributed by atoms with van der Waals surface area (Å²) in [6, 6.07) is 4.38. The number of hydrogen-bond acceptors (Lipinski definition) is 6. The number of alkyl carbamates (subject to hydrolysis) is 1. The Labute approximate surface area is 127 Å². The lowest BCUT2D eigenvalue weighted by Gasteiger charge is -2.24. The van der Waals surface area contributed by atoms with Crippen LogP contribution in [0.15, 0.2) is 24.3 Å². The summed E-state index contributed by atoms with van der Waals surface area (Å²) in [4.78, 5) is 32.8. The van der Waals surface area contributed by atoms with E-state index in [9.17, 15) is 24.8 Å². The summed E-state index contributed by atoms with van der Waals surface area (Å²) in [6.45, 7) is 4.98. The standard InChI is InChI=1S/C14H18N2O6/c1-14(2,3)22-13(19)15-11(8-12(17)18)9-5-4-6-10(7-9)16(20)21/h4-7,11H,8H2,1-3H3,(H,15,19)(H,17,18)/p-1/t11-/m0/s1. The minimum atomic E-state index is -1.40. The van der Waals surface area contributed by atoms with E-state index in [4.69, 9.17) is 4.74 Å². The molecule has 0 heterocycles. The number of ether oxygens (including phenoxy) is 1. The molecule has 120 valence electrons. The molecule has 0 aliphatic rings. The van der Waals surface area contributed by atoms with E-state index in [0.29, 0.717) is 0 Å². The van der Waals surface area contributed by atoms with Crippen molar-refractivity contribution in [1.29, 1.82) is 0 Å². The van der Waals surface area contributed by atoms with Crippen LogP contribution in [-0.4, -0.2) is 22.6 Å². The number of nitro benzene ring substituents is 1. The lowest BCUT2D eigenvalue weighted by Crippen LogP contribution is -2.37. The monoisotopic (exact) mass is 309 g/mol. The van der Waals surface area contributed by atoms with Crippen LogP contribution < -0.4 is 10.4 Å². The van der Waals surface area contributed by atoms with Gasteiger partial charge in [0.15, 0.2) is 0 Å². The summed E-state index contributed by atoms with van der Waals surface area (Å²) < 4.78 is 5.05. The third-order valence-corrected chi connectivity index (χ3v) is 2.55. The van der Waals surface area contributed by atoms with Gasteiger partial charge in [-0.2, -0.15) is 0 Å². The van der Waals surface area contributed by atoms with E-state index in [0.717, 1.165) is 0 Å². The summed E-state index contributed by atoms with van der Waals surface area (Å²) >= 11 is 0. The molecule has 1 aromatic rings. The van der Waals surface area contributed by atoms with E-state index in [1.54, 1.807) is 20.8 Å². The molecule has 0 saturated carbocycles. The van der Waals surface area contributed by atoms with Crippen molar-refractivity contribution in [2.24, 2.45) is 0 Å². The van der Waals surface area contributed by atoms with Crippen molar-refractivity contribution >= 4 is 17.7 Å². The first kappa shape index (κ1) is 17.4.